The van der Waals surface area contributed by atoms with E-state index in [0.717, 1.165) is 0 Å². The zero-order valence-electron chi connectivity index (χ0n) is 11.2. The number of methoxy groups -OCH3 is 1. The molecule has 2 rings (SSSR count). The molecular weight excluding hydrogens is 256 g/mol. The van der Waals surface area contributed by atoms with Gasteiger partial charge in [-0.25, -0.2) is 0 Å². The van der Waals surface area contributed by atoms with Crippen LogP contribution in [0, 0.1) is 11.3 Å². The number of benzene rings is 1. The quantitative estimate of drug-likeness (QED) is 0.856. The third-order valence-corrected chi connectivity index (χ3v) is 2.43. The number of aromatic nitrogens is 3. The molecule has 0 aliphatic heterocycles. The molecule has 0 saturated heterocycles. The lowest BCUT2D eigenvalue weighted by atomic mass is 10.2. The summed E-state index contributed by atoms with van der Waals surface area (Å²) in [6, 6.07) is 9.42. The van der Waals surface area contributed by atoms with Crippen LogP contribution in [-0.2, 0) is 0 Å². The van der Waals surface area contributed by atoms with E-state index in [-0.39, 0.29) is 6.01 Å². The molecule has 0 aliphatic rings. The first-order valence-electron chi connectivity index (χ1n) is 6.07. The fraction of sp³-hybridized carbons (Fsp3) is 0.231. The van der Waals surface area contributed by atoms with Crippen LogP contribution in [0.3, 0.4) is 0 Å². The lowest BCUT2D eigenvalue weighted by Gasteiger charge is -2.09. The van der Waals surface area contributed by atoms with Gasteiger partial charge in [-0.1, -0.05) is 12.1 Å². The lowest BCUT2D eigenvalue weighted by Crippen LogP contribution is -2.08. The first-order chi connectivity index (χ1) is 9.76. The van der Waals surface area contributed by atoms with Crippen LogP contribution < -0.4 is 15.4 Å². The van der Waals surface area contributed by atoms with Crippen molar-refractivity contribution in [3.8, 4) is 12.1 Å². The van der Waals surface area contributed by atoms with Gasteiger partial charge in [-0.2, -0.15) is 20.2 Å². The predicted molar refractivity (Wildman–Crippen MR) is 75.0 cm³/mol. The number of hydrogen-bond acceptors (Lipinski definition) is 7. The highest BCUT2D eigenvalue weighted by molar-refractivity contribution is 5.63. The molecule has 2 N–H and O–H groups in total. The fourth-order valence-electron chi connectivity index (χ4n) is 1.55. The van der Waals surface area contributed by atoms with Crippen molar-refractivity contribution in [1.82, 2.24) is 15.0 Å². The third kappa shape index (κ3) is 3.11. The van der Waals surface area contributed by atoms with E-state index >= 15 is 0 Å². The van der Waals surface area contributed by atoms with Crippen molar-refractivity contribution in [1.29, 1.82) is 5.26 Å². The Kier molecular flexibility index (Phi) is 4.29. The van der Waals surface area contributed by atoms with Gasteiger partial charge in [0.2, 0.25) is 11.9 Å². The molecule has 102 valence electrons. The Bertz CT molecular complexity index is 637. The molecular formula is C13H14N6O. The Hall–Kier alpha value is -2.88. The summed E-state index contributed by atoms with van der Waals surface area (Å²) in [5, 5.41) is 15.0. The molecule has 0 unspecified atom stereocenters. The number of anilines is 3. The summed E-state index contributed by atoms with van der Waals surface area (Å²) in [6.07, 6.45) is 0. The van der Waals surface area contributed by atoms with E-state index in [4.69, 9.17) is 10.00 Å². The highest BCUT2D eigenvalue weighted by Crippen LogP contribution is 2.19. The molecule has 0 amide bonds. The van der Waals surface area contributed by atoms with Gasteiger partial charge in [0.15, 0.2) is 0 Å². The maximum atomic E-state index is 9.06. The molecule has 0 spiro atoms. The molecule has 2 aromatic rings. The molecule has 0 bridgehead atoms. The highest BCUT2D eigenvalue weighted by Gasteiger charge is 2.08. The average molecular weight is 270 g/mol. The third-order valence-electron chi connectivity index (χ3n) is 2.43. The number of para-hydroxylation sites is 1. The largest absolute Gasteiger partial charge is 0.467 e. The second-order valence-corrected chi connectivity index (χ2v) is 3.78. The number of nitriles is 1. The maximum absolute atomic E-state index is 9.06. The zero-order chi connectivity index (χ0) is 14.4. The lowest BCUT2D eigenvalue weighted by molar-refractivity contribution is 0.379. The molecule has 0 atom stereocenters. The van der Waals surface area contributed by atoms with Crippen molar-refractivity contribution in [2.24, 2.45) is 0 Å². The van der Waals surface area contributed by atoms with E-state index < -0.39 is 0 Å². The molecule has 1 aromatic heterocycles. The van der Waals surface area contributed by atoms with E-state index in [0.29, 0.717) is 29.7 Å². The maximum Gasteiger partial charge on any atom is 0.322 e. The van der Waals surface area contributed by atoms with Gasteiger partial charge in [0.25, 0.3) is 0 Å². The number of ether oxygens (including phenoxy) is 1. The molecule has 7 heteroatoms. The minimum atomic E-state index is 0.202. The summed E-state index contributed by atoms with van der Waals surface area (Å²) in [4.78, 5) is 12.4. The number of rotatable bonds is 5. The molecule has 1 aromatic carbocycles. The van der Waals surface area contributed by atoms with Crippen LogP contribution in [0.2, 0.25) is 0 Å². The first-order valence-corrected chi connectivity index (χ1v) is 6.07. The molecule has 0 aliphatic carbocycles. The summed E-state index contributed by atoms with van der Waals surface area (Å²) < 4.78 is 5.03. The van der Waals surface area contributed by atoms with Gasteiger partial charge in [-0.15, -0.1) is 0 Å². The van der Waals surface area contributed by atoms with E-state index in [9.17, 15) is 0 Å². The van der Waals surface area contributed by atoms with Gasteiger partial charge >= 0.3 is 6.01 Å². The summed E-state index contributed by atoms with van der Waals surface area (Å²) in [5.41, 5.74) is 1.14. The zero-order valence-corrected chi connectivity index (χ0v) is 11.2. The van der Waals surface area contributed by atoms with Crippen molar-refractivity contribution in [3.63, 3.8) is 0 Å². The van der Waals surface area contributed by atoms with Crippen molar-refractivity contribution >= 4 is 17.6 Å². The second-order valence-electron chi connectivity index (χ2n) is 3.78. The molecule has 20 heavy (non-hydrogen) atoms. The Morgan fingerprint density at radius 1 is 1.20 bits per heavy atom. The fourth-order valence-corrected chi connectivity index (χ4v) is 1.55. The van der Waals surface area contributed by atoms with Crippen molar-refractivity contribution in [2.45, 2.75) is 6.92 Å². The Labute approximate surface area is 116 Å². The summed E-state index contributed by atoms with van der Waals surface area (Å²) >= 11 is 0. The smallest absolute Gasteiger partial charge is 0.322 e. The minimum absolute atomic E-state index is 0.202. The van der Waals surface area contributed by atoms with Crippen molar-refractivity contribution < 1.29 is 4.74 Å². The summed E-state index contributed by atoms with van der Waals surface area (Å²) in [6.45, 7) is 2.62. The standard InChI is InChI=1S/C13H14N6O/c1-3-15-11-17-12(19-13(18-11)20-2)16-10-7-5-4-6-9(10)8-14/h4-7H,3H2,1-2H3,(H2,15,16,17,18,19). The van der Waals surface area contributed by atoms with Crippen LogP contribution in [0.4, 0.5) is 17.6 Å². The topological polar surface area (TPSA) is 95.8 Å². The van der Waals surface area contributed by atoms with Crippen LogP contribution in [-0.4, -0.2) is 28.6 Å². The van der Waals surface area contributed by atoms with Crippen LogP contribution in [0.5, 0.6) is 6.01 Å². The van der Waals surface area contributed by atoms with E-state index in [1.54, 1.807) is 18.2 Å². The number of nitrogens with one attached hydrogen (secondary N) is 2. The van der Waals surface area contributed by atoms with Crippen LogP contribution in [0.25, 0.3) is 0 Å². The van der Waals surface area contributed by atoms with E-state index in [1.807, 2.05) is 13.0 Å². The van der Waals surface area contributed by atoms with Gasteiger partial charge in [-0.05, 0) is 19.1 Å². The number of hydrogen-bond donors (Lipinski definition) is 2. The molecule has 0 fully saturated rings. The average Bonchev–Trinajstić information content (AvgIpc) is 2.48. The summed E-state index contributed by atoms with van der Waals surface area (Å²) in [7, 11) is 1.48. The number of nitrogens with zero attached hydrogens (tertiary/aromatic N) is 4. The van der Waals surface area contributed by atoms with Crippen LogP contribution in [0.1, 0.15) is 12.5 Å². The van der Waals surface area contributed by atoms with Crippen molar-refractivity contribution in [2.75, 3.05) is 24.3 Å². The predicted octanol–water partition coefficient (Wildman–Crippen LogP) is 1.93. The summed E-state index contributed by atoms with van der Waals surface area (Å²) in [5.74, 6) is 0.729. The van der Waals surface area contributed by atoms with Crippen LogP contribution in [0.15, 0.2) is 24.3 Å². The Morgan fingerprint density at radius 2 is 1.95 bits per heavy atom. The Morgan fingerprint density at radius 3 is 2.65 bits per heavy atom. The molecule has 7 nitrogen and oxygen atoms in total. The van der Waals surface area contributed by atoms with Crippen LogP contribution >= 0.6 is 0 Å². The normalized spacial score (nSPS) is 9.65. The van der Waals surface area contributed by atoms with Gasteiger partial charge in [0, 0.05) is 6.54 Å². The van der Waals surface area contributed by atoms with E-state index in [1.165, 1.54) is 7.11 Å². The minimum Gasteiger partial charge on any atom is -0.467 e. The highest BCUT2D eigenvalue weighted by atomic mass is 16.5. The molecule has 0 saturated carbocycles. The van der Waals surface area contributed by atoms with Gasteiger partial charge in [0.05, 0.1) is 18.4 Å². The van der Waals surface area contributed by atoms with Crippen molar-refractivity contribution in [3.05, 3.63) is 29.8 Å². The monoisotopic (exact) mass is 270 g/mol. The molecule has 1 heterocycles. The Balaban J connectivity index is 2.33. The second kappa shape index (κ2) is 6.33. The first kappa shape index (κ1) is 13.5. The van der Waals surface area contributed by atoms with E-state index in [2.05, 4.69) is 31.7 Å². The van der Waals surface area contributed by atoms with Gasteiger partial charge < -0.3 is 15.4 Å². The van der Waals surface area contributed by atoms with Gasteiger partial charge in [-0.3, -0.25) is 0 Å². The SMILES string of the molecule is CCNc1nc(Nc2ccccc2C#N)nc(OC)n1. The molecule has 0 radical (unpaired) electrons. The van der Waals surface area contributed by atoms with Gasteiger partial charge in [0.1, 0.15) is 6.07 Å².